The minimum Gasteiger partial charge on any atom is -0.481 e. The summed E-state index contributed by atoms with van der Waals surface area (Å²) in [5.74, 6) is -1.27. The highest BCUT2D eigenvalue weighted by Crippen LogP contribution is 2.08. The molecular weight excluding hydrogens is 270 g/mol. The number of carboxylic acid groups (broad SMARTS) is 1. The highest BCUT2D eigenvalue weighted by molar-refractivity contribution is 5.71. The third kappa shape index (κ3) is 13.1. The first-order chi connectivity index (χ1) is 9.74. The number of ether oxygens (including phenoxy) is 1. The van der Waals surface area contributed by atoms with Gasteiger partial charge in [0.2, 0.25) is 0 Å². The average Bonchev–Trinajstić information content (AvgIpc) is 2.30. The van der Waals surface area contributed by atoms with Gasteiger partial charge < -0.3 is 14.3 Å². The van der Waals surface area contributed by atoms with Crippen molar-refractivity contribution in [1.29, 1.82) is 0 Å². The Balaban J connectivity index is 4.18. The topological polar surface area (TPSA) is 63.6 Å². The molecule has 0 aromatic heterocycles. The van der Waals surface area contributed by atoms with Crippen LogP contribution in [0, 0.1) is 0 Å². The lowest BCUT2D eigenvalue weighted by atomic mass is 10.2. The van der Waals surface area contributed by atoms with Crippen molar-refractivity contribution in [2.45, 2.75) is 38.7 Å². The molecule has 5 nitrogen and oxygen atoms in total. The summed E-state index contributed by atoms with van der Waals surface area (Å²) < 4.78 is 5.84. The van der Waals surface area contributed by atoms with E-state index in [9.17, 15) is 9.59 Å². The van der Waals surface area contributed by atoms with Crippen molar-refractivity contribution in [1.82, 2.24) is 0 Å². The maximum absolute atomic E-state index is 11.7. The van der Waals surface area contributed by atoms with Crippen molar-refractivity contribution in [3.8, 4) is 0 Å². The molecule has 0 heterocycles. The van der Waals surface area contributed by atoms with E-state index in [-0.39, 0.29) is 12.4 Å². The zero-order valence-corrected chi connectivity index (χ0v) is 13.5. The van der Waals surface area contributed by atoms with Gasteiger partial charge in [0.05, 0.1) is 27.6 Å². The van der Waals surface area contributed by atoms with Gasteiger partial charge in [-0.15, -0.1) is 0 Å². The number of carboxylic acids is 1. The Bertz CT molecular complexity index is 380. The molecule has 0 aliphatic carbocycles. The minimum atomic E-state index is -0.949. The summed E-state index contributed by atoms with van der Waals surface area (Å²) >= 11 is 0. The van der Waals surface area contributed by atoms with E-state index in [0.29, 0.717) is 23.9 Å². The third-order valence-corrected chi connectivity index (χ3v) is 2.64. The zero-order valence-electron chi connectivity index (χ0n) is 13.5. The first-order valence-corrected chi connectivity index (χ1v) is 7.24. The number of nitrogens with zero attached hydrogens (tertiary/aromatic N) is 1. The normalized spacial score (nSPS) is 13.7. The Morgan fingerprint density at radius 1 is 1.24 bits per heavy atom. The fourth-order valence-corrected chi connectivity index (χ4v) is 1.84. The van der Waals surface area contributed by atoms with Crippen LogP contribution in [-0.4, -0.2) is 55.3 Å². The number of quaternary nitrogens is 1. The first kappa shape index (κ1) is 19.4. The van der Waals surface area contributed by atoms with E-state index in [1.807, 2.05) is 52.4 Å². The monoisotopic (exact) mass is 298 g/mol. The van der Waals surface area contributed by atoms with Crippen molar-refractivity contribution in [3.05, 3.63) is 24.3 Å². The molecule has 0 saturated carbocycles. The maximum atomic E-state index is 11.7. The number of rotatable bonds is 10. The quantitative estimate of drug-likeness (QED) is 0.291. The number of unbranched alkanes of at least 4 members (excludes halogenated alkanes) is 1. The molecule has 1 atom stereocenters. The Kier molecular flexibility index (Phi) is 9.37. The second-order valence-corrected chi connectivity index (χ2v) is 6.03. The van der Waals surface area contributed by atoms with Gasteiger partial charge in [0.25, 0.3) is 0 Å². The molecule has 0 rings (SSSR count). The Hall–Kier alpha value is -1.62. The molecule has 21 heavy (non-hydrogen) atoms. The maximum Gasteiger partial charge on any atom is 0.307 e. The van der Waals surface area contributed by atoms with Gasteiger partial charge in [-0.05, 0) is 19.8 Å². The Morgan fingerprint density at radius 3 is 2.43 bits per heavy atom. The van der Waals surface area contributed by atoms with E-state index >= 15 is 0 Å². The van der Waals surface area contributed by atoms with Crippen LogP contribution in [0.1, 0.15) is 32.6 Å². The lowest BCUT2D eigenvalue weighted by molar-refractivity contribution is -0.873. The molecule has 5 heteroatoms. The number of esters is 1. The second kappa shape index (κ2) is 10.2. The molecule has 0 fully saturated rings. The average molecular weight is 298 g/mol. The largest absolute Gasteiger partial charge is 0.481 e. The molecule has 1 unspecified atom stereocenters. The van der Waals surface area contributed by atoms with Crippen LogP contribution in [0.25, 0.3) is 0 Å². The van der Waals surface area contributed by atoms with Crippen molar-refractivity contribution < 1.29 is 23.9 Å². The second-order valence-electron chi connectivity index (χ2n) is 6.03. The summed E-state index contributed by atoms with van der Waals surface area (Å²) in [6.07, 6.45) is 8.90. The molecule has 0 spiro atoms. The van der Waals surface area contributed by atoms with E-state index < -0.39 is 12.1 Å². The molecule has 120 valence electrons. The highest BCUT2D eigenvalue weighted by Gasteiger charge is 2.24. The van der Waals surface area contributed by atoms with Gasteiger partial charge >= 0.3 is 11.9 Å². The molecule has 0 amide bonds. The van der Waals surface area contributed by atoms with Crippen LogP contribution in [0.15, 0.2) is 24.3 Å². The number of carbonyl (C=O) groups is 2. The summed E-state index contributed by atoms with van der Waals surface area (Å²) in [7, 11) is 5.82. The van der Waals surface area contributed by atoms with E-state index in [4.69, 9.17) is 9.84 Å². The predicted molar refractivity (Wildman–Crippen MR) is 82.8 cm³/mol. The summed E-state index contributed by atoms with van der Waals surface area (Å²) in [6, 6.07) is 0. The van der Waals surface area contributed by atoms with Gasteiger partial charge in [0, 0.05) is 6.42 Å². The SMILES string of the molecule is C/C=C/C=C/CCCC(=O)OC(CC(=O)O)C[N+](C)(C)C. The lowest BCUT2D eigenvalue weighted by Crippen LogP contribution is -2.43. The molecule has 1 N–H and O–H groups in total. The van der Waals surface area contributed by atoms with Gasteiger partial charge in [0.1, 0.15) is 6.54 Å². The number of likely N-dealkylation sites (N-methyl/N-ethyl adjacent to an activating group) is 1. The smallest absolute Gasteiger partial charge is 0.307 e. The van der Waals surface area contributed by atoms with Gasteiger partial charge in [-0.3, -0.25) is 9.59 Å². The summed E-state index contributed by atoms with van der Waals surface area (Å²) in [6.45, 7) is 2.43. The van der Waals surface area contributed by atoms with E-state index in [2.05, 4.69) is 0 Å². The fraction of sp³-hybridized carbons (Fsp3) is 0.625. The van der Waals surface area contributed by atoms with Gasteiger partial charge in [0.15, 0.2) is 6.10 Å². The van der Waals surface area contributed by atoms with Gasteiger partial charge in [-0.1, -0.05) is 24.3 Å². The highest BCUT2D eigenvalue weighted by atomic mass is 16.5. The minimum absolute atomic E-state index is 0.150. The Morgan fingerprint density at radius 2 is 1.90 bits per heavy atom. The van der Waals surface area contributed by atoms with Crippen molar-refractivity contribution in [3.63, 3.8) is 0 Å². The van der Waals surface area contributed by atoms with E-state index in [1.165, 1.54) is 0 Å². The van der Waals surface area contributed by atoms with Crippen LogP contribution < -0.4 is 0 Å². The zero-order chi connectivity index (χ0) is 16.3. The molecular formula is C16H28NO4+. The van der Waals surface area contributed by atoms with Crippen LogP contribution in [0.2, 0.25) is 0 Å². The fourth-order valence-electron chi connectivity index (χ4n) is 1.84. The standard InChI is InChI=1S/C16H27NO4/c1-5-6-7-8-9-10-11-16(20)21-14(12-15(18)19)13-17(2,3)4/h5-8,14H,9-13H2,1-4H3/p+1/b6-5+,8-7+. The molecule has 0 aliphatic heterocycles. The third-order valence-electron chi connectivity index (χ3n) is 2.64. The summed E-state index contributed by atoms with van der Waals surface area (Å²) in [5, 5.41) is 8.88. The van der Waals surface area contributed by atoms with Gasteiger partial charge in [-0.25, -0.2) is 0 Å². The van der Waals surface area contributed by atoms with Crippen LogP contribution in [0.5, 0.6) is 0 Å². The molecule has 0 aromatic rings. The number of aliphatic carboxylic acids is 1. The number of hydrogen-bond acceptors (Lipinski definition) is 3. The molecule has 0 aromatic carbocycles. The van der Waals surface area contributed by atoms with E-state index in [1.54, 1.807) is 0 Å². The van der Waals surface area contributed by atoms with Crippen molar-refractivity contribution in [2.24, 2.45) is 0 Å². The molecule has 0 saturated heterocycles. The molecule has 0 aliphatic rings. The Labute approximate surface area is 127 Å². The predicted octanol–water partition coefficient (Wildman–Crippen LogP) is 2.38. The number of hydrogen-bond donors (Lipinski definition) is 1. The number of allylic oxidation sites excluding steroid dienone is 4. The van der Waals surface area contributed by atoms with E-state index in [0.717, 1.165) is 6.42 Å². The molecule has 0 radical (unpaired) electrons. The van der Waals surface area contributed by atoms with Gasteiger partial charge in [-0.2, -0.15) is 0 Å². The van der Waals surface area contributed by atoms with Crippen LogP contribution >= 0.6 is 0 Å². The summed E-state index contributed by atoms with van der Waals surface area (Å²) in [5.41, 5.74) is 0. The lowest BCUT2D eigenvalue weighted by Gasteiger charge is -2.28. The van der Waals surface area contributed by atoms with Crippen LogP contribution in [-0.2, 0) is 14.3 Å². The van der Waals surface area contributed by atoms with Crippen LogP contribution in [0.4, 0.5) is 0 Å². The number of carbonyl (C=O) groups excluding carboxylic acids is 1. The molecule has 0 bridgehead atoms. The first-order valence-electron chi connectivity index (χ1n) is 7.24. The van der Waals surface area contributed by atoms with Crippen molar-refractivity contribution in [2.75, 3.05) is 27.7 Å². The summed E-state index contributed by atoms with van der Waals surface area (Å²) in [4.78, 5) is 22.6. The van der Waals surface area contributed by atoms with Crippen LogP contribution in [0.3, 0.4) is 0 Å². The van der Waals surface area contributed by atoms with Crippen molar-refractivity contribution >= 4 is 11.9 Å².